The van der Waals surface area contributed by atoms with Gasteiger partial charge < -0.3 is 10.2 Å². The first kappa shape index (κ1) is 29.3. The summed E-state index contributed by atoms with van der Waals surface area (Å²) in [6.45, 7) is 6.25. The molecule has 3 heterocycles. The van der Waals surface area contributed by atoms with E-state index in [1.807, 2.05) is 78.6 Å². The largest absolute Gasteiger partial charge is 0.352 e. The molecule has 0 bridgehead atoms. The molecule has 1 saturated heterocycles. The van der Waals surface area contributed by atoms with E-state index in [0.717, 1.165) is 28.8 Å². The monoisotopic (exact) mass is 611 g/mol. The van der Waals surface area contributed by atoms with Crippen LogP contribution in [0.4, 0.5) is 17.1 Å². The minimum Gasteiger partial charge on any atom is -0.352 e. The van der Waals surface area contributed by atoms with Crippen molar-refractivity contribution in [3.05, 3.63) is 141 Å². The zero-order chi connectivity index (χ0) is 32.3. The molecule has 46 heavy (non-hydrogen) atoms. The van der Waals surface area contributed by atoms with Crippen molar-refractivity contribution in [2.45, 2.75) is 44.7 Å². The molecule has 4 aromatic rings. The van der Waals surface area contributed by atoms with Gasteiger partial charge in [-0.05, 0) is 60.2 Å². The Morgan fingerprint density at radius 3 is 2.22 bits per heavy atom. The van der Waals surface area contributed by atoms with Crippen molar-refractivity contribution in [2.75, 3.05) is 10.2 Å². The Labute approximate surface area is 266 Å². The highest BCUT2D eigenvalue weighted by atomic mass is 16.6. The minimum atomic E-state index is -1.43. The van der Waals surface area contributed by atoms with Crippen molar-refractivity contribution in [1.82, 2.24) is 0 Å². The highest BCUT2D eigenvalue weighted by molar-refractivity contribution is 6.18. The SMILES string of the molecule is CC1=C[C@@H]2N(c3ccccc31)[C@@H](C(=O)c1ccc([N+](=O)[O-])cc1)[C@@H](C(=O)c1ccc(CC(C)C)cc1)[C@@]21C(=O)Nc2ccccc21. The lowest BCUT2D eigenvalue weighted by molar-refractivity contribution is -0.384. The van der Waals surface area contributed by atoms with Gasteiger partial charge >= 0.3 is 0 Å². The number of hydrogen-bond acceptors (Lipinski definition) is 6. The highest BCUT2D eigenvalue weighted by Crippen LogP contribution is 2.58. The van der Waals surface area contributed by atoms with Gasteiger partial charge in [-0.3, -0.25) is 24.5 Å². The van der Waals surface area contributed by atoms with E-state index in [-0.39, 0.29) is 28.7 Å². The molecular weight excluding hydrogens is 578 g/mol. The zero-order valence-corrected chi connectivity index (χ0v) is 25.8. The highest BCUT2D eigenvalue weighted by Gasteiger charge is 2.70. The quantitative estimate of drug-likeness (QED) is 0.136. The molecule has 3 aliphatic rings. The topological polar surface area (TPSA) is 110 Å². The molecule has 1 fully saturated rings. The fourth-order valence-corrected chi connectivity index (χ4v) is 7.76. The number of anilines is 2. The molecule has 1 amide bonds. The van der Waals surface area contributed by atoms with Gasteiger partial charge in [0.2, 0.25) is 5.91 Å². The number of ketones is 2. The van der Waals surface area contributed by atoms with Gasteiger partial charge in [0.1, 0.15) is 11.5 Å². The van der Waals surface area contributed by atoms with Gasteiger partial charge in [-0.1, -0.05) is 80.6 Å². The third kappa shape index (κ3) is 4.31. The third-order valence-corrected chi connectivity index (χ3v) is 9.68. The summed E-state index contributed by atoms with van der Waals surface area (Å²) in [6.07, 6.45) is 2.87. The van der Waals surface area contributed by atoms with Gasteiger partial charge in [0, 0.05) is 40.2 Å². The second-order valence-electron chi connectivity index (χ2n) is 12.8. The number of carbonyl (C=O) groups is 3. The van der Waals surface area contributed by atoms with Crippen molar-refractivity contribution < 1.29 is 19.3 Å². The Morgan fingerprint density at radius 2 is 1.52 bits per heavy atom. The molecule has 8 nitrogen and oxygen atoms in total. The smallest absolute Gasteiger partial charge is 0.269 e. The van der Waals surface area contributed by atoms with Crippen LogP contribution in [0, 0.1) is 22.0 Å². The standard InChI is InChI=1S/C38H33N3O5/c1-22(2)20-24-12-14-25(15-13-24)35(42)33-34(36(43)26-16-18-27(19-17-26)41(45)46)40-31-11-7-4-8-28(31)23(3)21-32(40)38(33)29-9-5-6-10-30(29)39-37(38)44/h4-19,21-22,32-34H,20H2,1-3H3,(H,39,44)/t32-,33-,34+,38-/m0/s1. The van der Waals surface area contributed by atoms with E-state index in [0.29, 0.717) is 22.7 Å². The van der Waals surface area contributed by atoms with Crippen LogP contribution in [0.1, 0.15) is 58.2 Å². The number of nitro groups is 1. The number of nitrogens with zero attached hydrogens (tertiary/aromatic N) is 2. The number of para-hydroxylation sites is 2. The molecule has 0 saturated carbocycles. The van der Waals surface area contributed by atoms with Crippen LogP contribution in [0.15, 0.2) is 103 Å². The van der Waals surface area contributed by atoms with Crippen molar-refractivity contribution in [3.8, 4) is 0 Å². The number of fused-ring (bicyclic) bond motifs is 6. The lowest BCUT2D eigenvalue weighted by atomic mass is 9.64. The fraction of sp³-hybridized carbons (Fsp3) is 0.237. The Bertz CT molecular complexity index is 1950. The van der Waals surface area contributed by atoms with E-state index in [4.69, 9.17) is 0 Å². The summed E-state index contributed by atoms with van der Waals surface area (Å²) in [5.41, 5.74) is 4.08. The van der Waals surface area contributed by atoms with Gasteiger partial charge in [-0.15, -0.1) is 0 Å². The summed E-state index contributed by atoms with van der Waals surface area (Å²) >= 11 is 0. The summed E-state index contributed by atoms with van der Waals surface area (Å²) in [7, 11) is 0. The molecule has 8 heteroatoms. The normalized spacial score (nSPS) is 22.6. The number of carbonyl (C=O) groups excluding carboxylic acids is 3. The first-order chi connectivity index (χ1) is 22.1. The van der Waals surface area contributed by atoms with E-state index >= 15 is 4.79 Å². The summed E-state index contributed by atoms with van der Waals surface area (Å²) in [5.74, 6) is -1.70. The van der Waals surface area contributed by atoms with E-state index in [1.54, 1.807) is 12.1 Å². The number of non-ortho nitro benzene ring substituents is 1. The van der Waals surface area contributed by atoms with Crippen LogP contribution in [-0.2, 0) is 16.6 Å². The number of amides is 1. The molecule has 1 spiro atoms. The molecule has 4 atom stereocenters. The van der Waals surface area contributed by atoms with Crippen LogP contribution < -0.4 is 10.2 Å². The number of nitro benzene ring substituents is 1. The van der Waals surface area contributed by atoms with Gasteiger partial charge in [-0.25, -0.2) is 0 Å². The Hall–Kier alpha value is -5.37. The van der Waals surface area contributed by atoms with E-state index in [9.17, 15) is 19.7 Å². The average Bonchev–Trinajstić information content (AvgIpc) is 3.52. The number of nitrogens with one attached hydrogen (secondary N) is 1. The van der Waals surface area contributed by atoms with E-state index in [2.05, 4.69) is 19.2 Å². The van der Waals surface area contributed by atoms with Crippen LogP contribution >= 0.6 is 0 Å². The summed E-state index contributed by atoms with van der Waals surface area (Å²) in [5, 5.41) is 14.5. The Balaban J connectivity index is 1.48. The predicted octanol–water partition coefficient (Wildman–Crippen LogP) is 7.04. The molecule has 7 rings (SSSR count). The van der Waals surface area contributed by atoms with Gasteiger partial charge in [0.15, 0.2) is 11.6 Å². The lowest BCUT2D eigenvalue weighted by Gasteiger charge is -2.39. The van der Waals surface area contributed by atoms with Crippen LogP contribution in [0.5, 0.6) is 0 Å². The lowest BCUT2D eigenvalue weighted by Crippen LogP contribution is -2.51. The van der Waals surface area contributed by atoms with E-state index < -0.39 is 28.3 Å². The summed E-state index contributed by atoms with van der Waals surface area (Å²) < 4.78 is 0. The predicted molar refractivity (Wildman–Crippen MR) is 177 cm³/mol. The second kappa shape index (κ2) is 10.9. The maximum Gasteiger partial charge on any atom is 0.269 e. The number of Topliss-reactive ketones (excluding diaryl/α,β-unsaturated/α-hetero) is 2. The molecule has 0 unspecified atom stereocenters. The number of hydrogen-bond donors (Lipinski definition) is 1. The first-order valence-corrected chi connectivity index (χ1v) is 15.5. The Kier molecular flexibility index (Phi) is 6.96. The maximum atomic E-state index is 15.1. The van der Waals surface area contributed by atoms with Crippen LogP contribution in [-0.4, -0.2) is 34.5 Å². The maximum absolute atomic E-state index is 15.1. The zero-order valence-electron chi connectivity index (χ0n) is 25.8. The number of allylic oxidation sites excluding steroid dienone is 1. The Morgan fingerprint density at radius 1 is 0.891 bits per heavy atom. The van der Waals surface area contributed by atoms with Gasteiger partial charge in [0.05, 0.1) is 16.9 Å². The van der Waals surface area contributed by atoms with E-state index in [1.165, 1.54) is 24.3 Å². The molecule has 0 aliphatic carbocycles. The van der Waals surface area contributed by atoms with Gasteiger partial charge in [-0.2, -0.15) is 0 Å². The molecule has 0 radical (unpaired) electrons. The molecule has 3 aliphatic heterocycles. The molecule has 4 aromatic carbocycles. The number of benzene rings is 4. The fourth-order valence-electron chi connectivity index (χ4n) is 7.76. The van der Waals surface area contributed by atoms with Gasteiger partial charge in [0.25, 0.3) is 5.69 Å². The third-order valence-electron chi connectivity index (χ3n) is 9.68. The summed E-state index contributed by atoms with van der Waals surface area (Å²) in [4.78, 5) is 57.3. The molecule has 1 N–H and O–H groups in total. The minimum absolute atomic E-state index is 0.141. The average molecular weight is 612 g/mol. The van der Waals surface area contributed by atoms with Crippen molar-refractivity contribution in [3.63, 3.8) is 0 Å². The molecule has 230 valence electrons. The molecule has 0 aromatic heterocycles. The van der Waals surface area contributed by atoms with Crippen molar-refractivity contribution in [2.24, 2.45) is 11.8 Å². The van der Waals surface area contributed by atoms with Crippen molar-refractivity contribution in [1.29, 1.82) is 0 Å². The van der Waals surface area contributed by atoms with Crippen molar-refractivity contribution >= 4 is 40.1 Å². The van der Waals surface area contributed by atoms with Crippen LogP contribution in [0.2, 0.25) is 0 Å². The first-order valence-electron chi connectivity index (χ1n) is 15.5. The van der Waals surface area contributed by atoms with Crippen LogP contribution in [0.3, 0.4) is 0 Å². The van der Waals surface area contributed by atoms with Crippen LogP contribution in [0.25, 0.3) is 5.57 Å². The second-order valence-corrected chi connectivity index (χ2v) is 12.8. The summed E-state index contributed by atoms with van der Waals surface area (Å²) in [6, 6.07) is 26.3. The number of rotatable bonds is 7. The molecular formula is C38H33N3O5.